The molecular formula is C13H16IN3O2. The van der Waals surface area contributed by atoms with Gasteiger partial charge in [0.05, 0.1) is 5.56 Å². The first kappa shape index (κ1) is 14.3. The average molecular weight is 373 g/mol. The van der Waals surface area contributed by atoms with Crippen molar-refractivity contribution in [2.24, 2.45) is 11.8 Å². The minimum absolute atomic E-state index is 0.0385. The molecule has 0 aromatic heterocycles. The lowest BCUT2D eigenvalue weighted by atomic mass is 9.95. The van der Waals surface area contributed by atoms with Crippen molar-refractivity contribution in [3.63, 3.8) is 0 Å². The van der Waals surface area contributed by atoms with Gasteiger partial charge in [-0.3, -0.25) is 15.0 Å². The zero-order valence-electron chi connectivity index (χ0n) is 10.4. The molecule has 0 unspecified atom stereocenters. The van der Waals surface area contributed by atoms with Crippen molar-refractivity contribution in [1.82, 2.24) is 10.3 Å². The molecule has 0 radical (unpaired) electrons. The molecule has 3 N–H and O–H groups in total. The highest BCUT2D eigenvalue weighted by molar-refractivity contribution is 14.1. The van der Waals surface area contributed by atoms with Gasteiger partial charge in [0.25, 0.3) is 5.91 Å². The fraction of sp³-hybridized carbons (Fsp3) is 0.385. The number of benzene rings is 1. The van der Waals surface area contributed by atoms with Crippen molar-refractivity contribution < 1.29 is 9.59 Å². The molecule has 6 heteroatoms. The molecule has 0 bridgehead atoms. The third-order valence-electron chi connectivity index (χ3n) is 3.40. The Kier molecular flexibility index (Phi) is 4.76. The number of nitrogens with two attached hydrogens (primary N) is 1. The van der Waals surface area contributed by atoms with E-state index in [0.29, 0.717) is 25.9 Å². The number of likely N-dealkylation sites (tertiary alicyclic amines) is 1. The molecule has 5 nitrogen and oxygen atoms in total. The number of amides is 2. The fourth-order valence-electron chi connectivity index (χ4n) is 2.27. The van der Waals surface area contributed by atoms with E-state index in [4.69, 9.17) is 5.84 Å². The van der Waals surface area contributed by atoms with Gasteiger partial charge in [-0.05, 0) is 47.6 Å². The lowest BCUT2D eigenvalue weighted by Crippen LogP contribution is -2.44. The van der Waals surface area contributed by atoms with Gasteiger partial charge < -0.3 is 4.90 Å². The number of carbonyl (C=O) groups is 2. The van der Waals surface area contributed by atoms with E-state index >= 15 is 0 Å². The van der Waals surface area contributed by atoms with Gasteiger partial charge >= 0.3 is 0 Å². The molecule has 1 aromatic carbocycles. The van der Waals surface area contributed by atoms with Crippen molar-refractivity contribution in [3.05, 3.63) is 33.4 Å². The quantitative estimate of drug-likeness (QED) is 0.353. The van der Waals surface area contributed by atoms with Crippen molar-refractivity contribution in [3.8, 4) is 0 Å². The summed E-state index contributed by atoms with van der Waals surface area (Å²) in [6, 6.07) is 7.53. The van der Waals surface area contributed by atoms with Gasteiger partial charge in [-0.15, -0.1) is 0 Å². The van der Waals surface area contributed by atoms with E-state index in [1.807, 2.05) is 24.3 Å². The second-order valence-corrected chi connectivity index (χ2v) is 5.72. The molecule has 0 spiro atoms. The number of rotatable bonds is 2. The van der Waals surface area contributed by atoms with Gasteiger partial charge in [0, 0.05) is 22.6 Å². The summed E-state index contributed by atoms with van der Waals surface area (Å²) in [4.78, 5) is 25.6. The molecule has 1 aliphatic heterocycles. The Hall–Kier alpha value is -1.15. The maximum Gasteiger partial charge on any atom is 0.254 e. The number of piperidine rings is 1. The predicted octanol–water partition coefficient (Wildman–Crippen LogP) is 1.13. The number of nitrogens with one attached hydrogen (secondary N) is 1. The van der Waals surface area contributed by atoms with Gasteiger partial charge in [-0.1, -0.05) is 12.1 Å². The maximum atomic E-state index is 12.4. The Balaban J connectivity index is 2.00. The van der Waals surface area contributed by atoms with Crippen LogP contribution >= 0.6 is 22.6 Å². The molecule has 1 aliphatic rings. The monoisotopic (exact) mass is 373 g/mol. The molecule has 102 valence electrons. The predicted molar refractivity (Wildman–Crippen MR) is 80.1 cm³/mol. The molecule has 2 amide bonds. The van der Waals surface area contributed by atoms with Crippen LogP contribution in [0.15, 0.2) is 24.3 Å². The summed E-state index contributed by atoms with van der Waals surface area (Å²) < 4.78 is 0.951. The van der Waals surface area contributed by atoms with Crippen LogP contribution in [0.1, 0.15) is 23.2 Å². The highest BCUT2D eigenvalue weighted by Gasteiger charge is 2.27. The topological polar surface area (TPSA) is 75.4 Å². The number of hydrogen-bond donors (Lipinski definition) is 2. The van der Waals surface area contributed by atoms with Crippen LogP contribution in [0.4, 0.5) is 0 Å². The number of halogens is 1. The highest BCUT2D eigenvalue weighted by Crippen LogP contribution is 2.21. The third-order valence-corrected chi connectivity index (χ3v) is 4.34. The van der Waals surface area contributed by atoms with Gasteiger partial charge in [-0.25, -0.2) is 5.84 Å². The van der Waals surface area contributed by atoms with E-state index < -0.39 is 0 Å². The summed E-state index contributed by atoms with van der Waals surface area (Å²) in [5.74, 6) is 4.95. The Morgan fingerprint density at radius 2 is 1.89 bits per heavy atom. The summed E-state index contributed by atoms with van der Waals surface area (Å²) >= 11 is 2.16. The maximum absolute atomic E-state index is 12.4. The first-order valence-corrected chi connectivity index (χ1v) is 7.25. The minimum atomic E-state index is -0.138. The van der Waals surface area contributed by atoms with E-state index in [1.54, 1.807) is 4.90 Å². The van der Waals surface area contributed by atoms with Gasteiger partial charge in [0.2, 0.25) is 5.91 Å². The molecule has 19 heavy (non-hydrogen) atoms. The lowest BCUT2D eigenvalue weighted by molar-refractivity contribution is -0.126. The molecule has 0 saturated carbocycles. The molecule has 1 fully saturated rings. The average Bonchev–Trinajstić information content (AvgIpc) is 2.46. The van der Waals surface area contributed by atoms with E-state index in [-0.39, 0.29) is 17.7 Å². The molecular weight excluding hydrogens is 357 g/mol. The van der Waals surface area contributed by atoms with Crippen molar-refractivity contribution in [1.29, 1.82) is 0 Å². The largest absolute Gasteiger partial charge is 0.339 e. The first-order chi connectivity index (χ1) is 9.13. The Morgan fingerprint density at radius 1 is 1.26 bits per heavy atom. The van der Waals surface area contributed by atoms with Crippen LogP contribution in [0.5, 0.6) is 0 Å². The van der Waals surface area contributed by atoms with E-state index in [9.17, 15) is 9.59 Å². The molecule has 1 aromatic rings. The number of nitrogens with zero attached hydrogens (tertiary/aromatic N) is 1. The summed E-state index contributed by atoms with van der Waals surface area (Å²) in [6.07, 6.45) is 1.33. The van der Waals surface area contributed by atoms with Crippen LogP contribution < -0.4 is 11.3 Å². The second kappa shape index (κ2) is 6.33. The van der Waals surface area contributed by atoms with Gasteiger partial charge in [0.1, 0.15) is 0 Å². The van der Waals surface area contributed by atoms with Crippen LogP contribution in [-0.2, 0) is 4.79 Å². The SMILES string of the molecule is NNC(=O)C1CCN(C(=O)c2ccccc2I)CC1. The van der Waals surface area contributed by atoms with E-state index in [2.05, 4.69) is 28.0 Å². The smallest absolute Gasteiger partial charge is 0.254 e. The van der Waals surface area contributed by atoms with Crippen LogP contribution in [0.3, 0.4) is 0 Å². The molecule has 0 atom stereocenters. The summed E-state index contributed by atoms with van der Waals surface area (Å²) in [6.45, 7) is 1.20. The molecule has 1 saturated heterocycles. The zero-order valence-corrected chi connectivity index (χ0v) is 12.6. The number of hydrazine groups is 1. The molecule has 0 aliphatic carbocycles. The Labute approximate surface area is 125 Å². The van der Waals surface area contributed by atoms with Crippen LogP contribution in [0.25, 0.3) is 0 Å². The highest BCUT2D eigenvalue weighted by atomic mass is 127. The third kappa shape index (κ3) is 3.24. The number of carbonyl (C=O) groups excluding carboxylic acids is 2. The standard InChI is InChI=1S/C13H16IN3O2/c14-11-4-2-1-3-10(11)13(19)17-7-5-9(6-8-17)12(18)16-15/h1-4,9H,5-8,15H2,(H,16,18). The minimum Gasteiger partial charge on any atom is -0.339 e. The molecule has 1 heterocycles. The molecule has 2 rings (SSSR count). The van der Waals surface area contributed by atoms with E-state index in [0.717, 1.165) is 9.13 Å². The first-order valence-electron chi connectivity index (χ1n) is 6.17. The van der Waals surface area contributed by atoms with Gasteiger partial charge in [0.15, 0.2) is 0 Å². The summed E-state index contributed by atoms with van der Waals surface area (Å²) in [5.41, 5.74) is 2.90. The normalized spacial score (nSPS) is 16.2. The fourth-order valence-corrected chi connectivity index (χ4v) is 2.89. The Morgan fingerprint density at radius 3 is 2.47 bits per heavy atom. The summed E-state index contributed by atoms with van der Waals surface area (Å²) in [7, 11) is 0. The van der Waals surface area contributed by atoms with Crippen LogP contribution in [0.2, 0.25) is 0 Å². The second-order valence-electron chi connectivity index (χ2n) is 4.55. The van der Waals surface area contributed by atoms with Crippen LogP contribution in [-0.4, -0.2) is 29.8 Å². The number of hydrogen-bond acceptors (Lipinski definition) is 3. The van der Waals surface area contributed by atoms with Crippen molar-refractivity contribution in [2.75, 3.05) is 13.1 Å². The van der Waals surface area contributed by atoms with Crippen molar-refractivity contribution in [2.45, 2.75) is 12.8 Å². The Bertz CT molecular complexity index is 485. The van der Waals surface area contributed by atoms with Crippen molar-refractivity contribution >= 4 is 34.4 Å². The van der Waals surface area contributed by atoms with Gasteiger partial charge in [-0.2, -0.15) is 0 Å². The van der Waals surface area contributed by atoms with E-state index in [1.165, 1.54) is 0 Å². The summed E-state index contributed by atoms with van der Waals surface area (Å²) in [5, 5.41) is 0. The lowest BCUT2D eigenvalue weighted by Gasteiger charge is -2.31. The van der Waals surface area contributed by atoms with Crippen LogP contribution in [0, 0.1) is 9.49 Å². The zero-order chi connectivity index (χ0) is 13.8.